The van der Waals surface area contributed by atoms with Gasteiger partial charge in [0, 0.05) is 19.0 Å². The van der Waals surface area contributed by atoms with Gasteiger partial charge in [0.2, 0.25) is 5.91 Å². The molecule has 2 heterocycles. The van der Waals surface area contributed by atoms with Gasteiger partial charge in [-0.25, -0.2) is 0 Å². The van der Waals surface area contributed by atoms with Gasteiger partial charge in [-0.3, -0.25) is 4.79 Å². The minimum Gasteiger partial charge on any atom is -0.505 e. The fourth-order valence-electron chi connectivity index (χ4n) is 4.58. The quantitative estimate of drug-likeness (QED) is 0.793. The molecule has 2 aliphatic rings. The first kappa shape index (κ1) is 20.8. The number of piperidine rings is 2. The van der Waals surface area contributed by atoms with E-state index in [4.69, 9.17) is 23.2 Å². The number of halogens is 2. The van der Waals surface area contributed by atoms with E-state index < -0.39 is 0 Å². The zero-order valence-corrected chi connectivity index (χ0v) is 17.8. The summed E-state index contributed by atoms with van der Waals surface area (Å²) >= 11 is 12.0. The Balaban J connectivity index is 1.51. The lowest BCUT2D eigenvalue weighted by Gasteiger charge is -2.40. The Bertz CT molecular complexity index is 643. The molecule has 1 aromatic rings. The molecule has 1 atom stereocenters. The number of likely N-dealkylation sites (tertiary alicyclic amines) is 2. The van der Waals surface area contributed by atoms with Gasteiger partial charge in [-0.1, -0.05) is 30.1 Å². The zero-order valence-electron chi connectivity index (χ0n) is 16.3. The van der Waals surface area contributed by atoms with Crippen LogP contribution in [0.1, 0.15) is 38.2 Å². The van der Waals surface area contributed by atoms with Crippen molar-refractivity contribution < 1.29 is 9.90 Å². The van der Waals surface area contributed by atoms with Crippen molar-refractivity contribution in [1.82, 2.24) is 9.80 Å². The summed E-state index contributed by atoms with van der Waals surface area (Å²) in [6.07, 6.45) is 5.43. The molecule has 0 spiro atoms. The first-order valence-corrected chi connectivity index (χ1v) is 10.7. The summed E-state index contributed by atoms with van der Waals surface area (Å²) in [5.41, 5.74) is 0.880. The molecule has 0 bridgehead atoms. The van der Waals surface area contributed by atoms with Crippen molar-refractivity contribution in [1.29, 1.82) is 0 Å². The second-order valence-corrected chi connectivity index (χ2v) is 9.13. The van der Waals surface area contributed by atoms with Gasteiger partial charge in [-0.05, 0) is 81.8 Å². The summed E-state index contributed by atoms with van der Waals surface area (Å²) in [7, 11) is 2.20. The van der Waals surface area contributed by atoms with Gasteiger partial charge in [0.05, 0.1) is 10.0 Å². The first-order chi connectivity index (χ1) is 12.8. The topological polar surface area (TPSA) is 43.8 Å². The van der Waals surface area contributed by atoms with E-state index in [0.717, 1.165) is 43.3 Å². The van der Waals surface area contributed by atoms with E-state index in [1.807, 2.05) is 11.8 Å². The molecular formula is C21H30Cl2N2O2. The predicted molar refractivity (Wildman–Crippen MR) is 111 cm³/mol. The minimum absolute atomic E-state index is 0.1000. The number of hydrogen-bond donors (Lipinski definition) is 1. The molecule has 6 heteroatoms. The van der Waals surface area contributed by atoms with Gasteiger partial charge in [0.15, 0.2) is 5.75 Å². The third-order valence-electron chi connectivity index (χ3n) is 6.32. The number of aromatic hydroxyl groups is 1. The molecule has 3 rings (SSSR count). The molecule has 2 aliphatic heterocycles. The van der Waals surface area contributed by atoms with Crippen molar-refractivity contribution in [3.8, 4) is 5.75 Å². The second-order valence-electron chi connectivity index (χ2n) is 8.32. The Kier molecular flexibility index (Phi) is 6.93. The number of carbonyl (C=O) groups is 1. The highest BCUT2D eigenvalue weighted by Crippen LogP contribution is 2.34. The summed E-state index contributed by atoms with van der Waals surface area (Å²) < 4.78 is 0. The average Bonchev–Trinajstić information content (AvgIpc) is 2.66. The third kappa shape index (κ3) is 5.10. The van der Waals surface area contributed by atoms with Gasteiger partial charge in [0.1, 0.15) is 0 Å². The lowest BCUT2D eigenvalue weighted by Crippen LogP contribution is -2.44. The number of hydrogen-bond acceptors (Lipinski definition) is 3. The van der Waals surface area contributed by atoms with Crippen LogP contribution < -0.4 is 0 Å². The number of nitrogens with zero attached hydrogens (tertiary/aromatic N) is 2. The molecule has 0 unspecified atom stereocenters. The molecule has 150 valence electrons. The SMILES string of the molecule is C[C@H](Cc1cc(Cl)c(O)c(Cl)c1)C(=O)N1CCC(C2CCN(C)CC2)CC1. The number of benzene rings is 1. The molecule has 0 aromatic heterocycles. The van der Waals surface area contributed by atoms with Crippen LogP contribution >= 0.6 is 23.2 Å². The van der Waals surface area contributed by atoms with Crippen LogP contribution in [0.25, 0.3) is 0 Å². The predicted octanol–water partition coefficient (Wildman–Crippen LogP) is 4.46. The van der Waals surface area contributed by atoms with Crippen LogP contribution in [0.15, 0.2) is 12.1 Å². The van der Waals surface area contributed by atoms with E-state index in [2.05, 4.69) is 11.9 Å². The van der Waals surface area contributed by atoms with Crippen molar-refractivity contribution in [2.75, 3.05) is 33.2 Å². The molecule has 2 fully saturated rings. The molecule has 1 aromatic carbocycles. The lowest BCUT2D eigenvalue weighted by molar-refractivity contribution is -0.136. The van der Waals surface area contributed by atoms with Crippen LogP contribution in [-0.2, 0) is 11.2 Å². The van der Waals surface area contributed by atoms with Crippen molar-refractivity contribution in [3.63, 3.8) is 0 Å². The van der Waals surface area contributed by atoms with Crippen LogP contribution in [0.3, 0.4) is 0 Å². The highest BCUT2D eigenvalue weighted by atomic mass is 35.5. The van der Waals surface area contributed by atoms with Gasteiger partial charge >= 0.3 is 0 Å². The molecule has 0 aliphatic carbocycles. The van der Waals surface area contributed by atoms with Crippen molar-refractivity contribution in [2.24, 2.45) is 17.8 Å². The summed E-state index contributed by atoms with van der Waals surface area (Å²) in [5, 5.41) is 10.1. The lowest BCUT2D eigenvalue weighted by atomic mass is 9.78. The van der Waals surface area contributed by atoms with Gasteiger partial charge in [-0.15, -0.1) is 0 Å². The summed E-state index contributed by atoms with van der Waals surface area (Å²) in [6, 6.07) is 3.39. The zero-order chi connectivity index (χ0) is 19.6. The fraction of sp³-hybridized carbons (Fsp3) is 0.667. The van der Waals surface area contributed by atoms with Gasteiger partial charge < -0.3 is 14.9 Å². The smallest absolute Gasteiger partial charge is 0.225 e. The highest BCUT2D eigenvalue weighted by Gasteiger charge is 2.31. The van der Waals surface area contributed by atoms with Gasteiger partial charge in [0.25, 0.3) is 0 Å². The number of carbonyl (C=O) groups excluding carboxylic acids is 1. The Labute approximate surface area is 172 Å². The maximum Gasteiger partial charge on any atom is 0.225 e. The molecule has 0 radical (unpaired) electrons. The van der Waals surface area contributed by atoms with E-state index in [9.17, 15) is 9.90 Å². The van der Waals surface area contributed by atoms with E-state index >= 15 is 0 Å². The first-order valence-electron chi connectivity index (χ1n) is 9.99. The number of amides is 1. The maximum absolute atomic E-state index is 12.9. The van der Waals surface area contributed by atoms with E-state index in [0.29, 0.717) is 6.42 Å². The summed E-state index contributed by atoms with van der Waals surface area (Å²) in [5.74, 6) is 1.58. The van der Waals surface area contributed by atoms with Crippen molar-refractivity contribution >= 4 is 29.1 Å². The number of phenolic OH excluding ortho intramolecular Hbond substituents is 1. The Morgan fingerprint density at radius 1 is 1.07 bits per heavy atom. The summed E-state index contributed by atoms with van der Waals surface area (Å²) in [6.45, 7) is 6.12. The monoisotopic (exact) mass is 412 g/mol. The molecule has 1 amide bonds. The Morgan fingerprint density at radius 2 is 1.56 bits per heavy atom. The normalized spacial score (nSPS) is 21.4. The third-order valence-corrected chi connectivity index (χ3v) is 6.90. The second kappa shape index (κ2) is 9.02. The largest absolute Gasteiger partial charge is 0.505 e. The molecule has 1 N–H and O–H groups in total. The maximum atomic E-state index is 12.9. The number of phenols is 1. The van der Waals surface area contributed by atoms with E-state index in [-0.39, 0.29) is 27.6 Å². The van der Waals surface area contributed by atoms with Crippen molar-refractivity contribution in [3.05, 3.63) is 27.7 Å². The average molecular weight is 413 g/mol. The van der Waals surface area contributed by atoms with E-state index in [1.54, 1.807) is 12.1 Å². The standard InChI is InChI=1S/C21H30Cl2N2O2/c1-14(11-15-12-18(22)20(26)19(23)13-15)21(27)25-9-5-17(6-10-25)16-3-7-24(2)8-4-16/h12-14,16-17,26H,3-11H2,1-2H3/t14-/m1/s1. The van der Waals surface area contributed by atoms with Crippen molar-refractivity contribution in [2.45, 2.75) is 39.0 Å². The molecule has 0 saturated carbocycles. The van der Waals surface area contributed by atoms with Gasteiger partial charge in [-0.2, -0.15) is 0 Å². The van der Waals surface area contributed by atoms with Crippen LogP contribution in [0.4, 0.5) is 0 Å². The molecule has 27 heavy (non-hydrogen) atoms. The minimum atomic E-state index is -0.124. The number of rotatable bonds is 4. The van der Waals surface area contributed by atoms with Crippen LogP contribution in [0, 0.1) is 17.8 Å². The van der Waals surface area contributed by atoms with E-state index in [1.165, 1.54) is 25.9 Å². The fourth-order valence-corrected chi connectivity index (χ4v) is 5.11. The Morgan fingerprint density at radius 3 is 2.07 bits per heavy atom. The summed E-state index contributed by atoms with van der Waals surface area (Å²) in [4.78, 5) is 17.3. The molecule has 2 saturated heterocycles. The van der Waals surface area contributed by atoms with Crippen LogP contribution in [-0.4, -0.2) is 54.0 Å². The molecular weight excluding hydrogens is 383 g/mol. The highest BCUT2D eigenvalue weighted by molar-refractivity contribution is 6.37. The van der Waals surface area contributed by atoms with Crippen LogP contribution in [0.5, 0.6) is 5.75 Å². The molecule has 4 nitrogen and oxygen atoms in total. The Hall–Kier alpha value is -0.970. The van der Waals surface area contributed by atoms with Crippen LogP contribution in [0.2, 0.25) is 10.0 Å².